The van der Waals surface area contributed by atoms with Crippen LogP contribution >= 0.6 is 15.9 Å². The smallest absolute Gasteiger partial charge is 0.297 e. The molecule has 3 heteroatoms. The average Bonchev–Trinajstić information content (AvgIpc) is 1.87. The van der Waals surface area contributed by atoms with Crippen LogP contribution in [0.2, 0.25) is 0 Å². The second-order valence-corrected chi connectivity index (χ2v) is 3.31. The Hall–Kier alpha value is -0.490. The molecule has 0 aliphatic rings. The molecule has 0 radical (unpaired) electrons. The van der Waals surface area contributed by atoms with E-state index in [-0.39, 0.29) is 11.4 Å². The summed E-state index contributed by atoms with van der Waals surface area (Å²) in [6.45, 7) is 5.93. The average molecular weight is 218 g/mol. The van der Waals surface area contributed by atoms with E-state index in [2.05, 4.69) is 32.0 Å². The highest BCUT2D eigenvalue weighted by atomic mass is 79.9. The third-order valence-corrected chi connectivity index (χ3v) is 1.69. The van der Waals surface area contributed by atoms with Crippen molar-refractivity contribution in [1.29, 1.82) is 0 Å². The molecule has 0 heterocycles. The van der Waals surface area contributed by atoms with E-state index in [9.17, 15) is 4.79 Å². The van der Waals surface area contributed by atoms with Crippen molar-refractivity contribution in [2.24, 2.45) is 0 Å². The predicted octanol–water partition coefficient (Wildman–Crippen LogP) is 1.65. The van der Waals surface area contributed by atoms with Crippen molar-refractivity contribution >= 4 is 21.8 Å². The Bertz CT molecular complexity index is 200. The molecule has 0 bridgehead atoms. The first-order valence-corrected chi connectivity index (χ1v) is 4.25. The lowest BCUT2D eigenvalue weighted by Crippen LogP contribution is -2.42. The fraction of sp³-hybridized carbons (Fsp3) is 0.625. The maximum absolute atomic E-state index is 10.9. The van der Waals surface area contributed by atoms with Crippen LogP contribution in [0.5, 0.6) is 0 Å². The van der Waals surface area contributed by atoms with E-state index in [1.165, 1.54) is 0 Å². The molecule has 0 aromatic carbocycles. The van der Waals surface area contributed by atoms with Gasteiger partial charge in [0.2, 0.25) is 0 Å². The molecule has 0 aromatic heterocycles. The van der Waals surface area contributed by atoms with E-state index in [4.69, 9.17) is 0 Å². The number of carbonyl (C=O) groups is 1. The Morgan fingerprint density at radius 1 is 1.64 bits per heavy atom. The number of amides is 1. The second kappa shape index (κ2) is 4.40. The van der Waals surface area contributed by atoms with Gasteiger partial charge in [0, 0.05) is 27.4 Å². The summed E-state index contributed by atoms with van der Waals surface area (Å²) in [5, 5.41) is 2.76. The van der Waals surface area contributed by atoms with Crippen LogP contribution in [0.3, 0.4) is 0 Å². The van der Waals surface area contributed by atoms with Crippen molar-refractivity contribution in [3.63, 3.8) is 0 Å². The fourth-order valence-corrected chi connectivity index (χ4v) is 0.650. The third kappa shape index (κ3) is 4.86. The van der Waals surface area contributed by atoms with Crippen molar-refractivity contribution in [2.75, 3.05) is 0 Å². The van der Waals surface area contributed by atoms with Gasteiger partial charge >= 0.3 is 0 Å². The standard InChI is InChI=1S/C8H12BrNO/c1-4-8(2,3)10-7(11)5-6-9/h4H2,1-3H3,(H,10,11). The van der Waals surface area contributed by atoms with Gasteiger partial charge < -0.3 is 5.32 Å². The summed E-state index contributed by atoms with van der Waals surface area (Å²) in [5.41, 5.74) is -0.159. The molecule has 0 spiro atoms. The summed E-state index contributed by atoms with van der Waals surface area (Å²) < 4.78 is 0. The van der Waals surface area contributed by atoms with Crippen LogP contribution in [0, 0.1) is 10.8 Å². The molecule has 62 valence electrons. The molecule has 0 atom stereocenters. The summed E-state index contributed by atoms with van der Waals surface area (Å²) in [6, 6.07) is 0. The van der Waals surface area contributed by atoms with Gasteiger partial charge in [0.15, 0.2) is 0 Å². The molecule has 0 saturated heterocycles. The topological polar surface area (TPSA) is 29.1 Å². The Morgan fingerprint density at radius 2 is 2.18 bits per heavy atom. The normalized spacial score (nSPS) is 9.82. The molecule has 0 fully saturated rings. The van der Waals surface area contributed by atoms with E-state index in [0.29, 0.717) is 0 Å². The van der Waals surface area contributed by atoms with Gasteiger partial charge in [0.05, 0.1) is 0 Å². The molecular formula is C8H12BrNO. The third-order valence-electron chi connectivity index (χ3n) is 1.50. The van der Waals surface area contributed by atoms with E-state index >= 15 is 0 Å². The highest BCUT2D eigenvalue weighted by Gasteiger charge is 2.15. The number of halogens is 1. The largest absolute Gasteiger partial charge is 0.340 e. The molecule has 0 saturated carbocycles. The van der Waals surface area contributed by atoms with Crippen molar-refractivity contribution in [3.05, 3.63) is 0 Å². The summed E-state index contributed by atoms with van der Waals surface area (Å²) in [5.74, 6) is 2.11. The van der Waals surface area contributed by atoms with Crippen LogP contribution in [-0.2, 0) is 4.79 Å². The van der Waals surface area contributed by atoms with E-state index in [1.807, 2.05) is 20.8 Å². The Balaban J connectivity index is 4.00. The van der Waals surface area contributed by atoms with Crippen molar-refractivity contribution < 1.29 is 4.79 Å². The summed E-state index contributed by atoms with van der Waals surface area (Å²) in [7, 11) is 0. The summed E-state index contributed by atoms with van der Waals surface area (Å²) in [6.07, 6.45) is 0.892. The molecule has 1 amide bonds. The van der Waals surface area contributed by atoms with Gasteiger partial charge in [-0.1, -0.05) is 6.92 Å². The van der Waals surface area contributed by atoms with Crippen LogP contribution < -0.4 is 5.32 Å². The van der Waals surface area contributed by atoms with Crippen molar-refractivity contribution in [1.82, 2.24) is 5.32 Å². The first-order valence-electron chi connectivity index (χ1n) is 3.45. The number of carbonyl (C=O) groups excluding carboxylic acids is 1. The minimum absolute atomic E-state index is 0.159. The zero-order valence-corrected chi connectivity index (χ0v) is 8.58. The molecule has 0 aliphatic heterocycles. The first-order chi connectivity index (χ1) is 5.02. The molecule has 2 nitrogen and oxygen atoms in total. The summed E-state index contributed by atoms with van der Waals surface area (Å²) >= 11 is 2.86. The first kappa shape index (κ1) is 10.5. The zero-order chi connectivity index (χ0) is 8.91. The summed E-state index contributed by atoms with van der Waals surface area (Å²) in [4.78, 5) is 13.3. The zero-order valence-electron chi connectivity index (χ0n) is 6.99. The van der Waals surface area contributed by atoms with Gasteiger partial charge in [0.25, 0.3) is 5.91 Å². The van der Waals surface area contributed by atoms with Gasteiger partial charge in [-0.15, -0.1) is 0 Å². The number of hydrogen-bond donors (Lipinski definition) is 1. The number of nitrogens with one attached hydrogen (secondary N) is 1. The minimum atomic E-state index is -0.242. The van der Waals surface area contributed by atoms with Crippen LogP contribution in [0.25, 0.3) is 0 Å². The van der Waals surface area contributed by atoms with Gasteiger partial charge in [-0.2, -0.15) is 0 Å². The molecule has 0 aliphatic carbocycles. The lowest BCUT2D eigenvalue weighted by atomic mass is 10.0. The van der Waals surface area contributed by atoms with Gasteiger partial charge in [-0.25, -0.2) is 0 Å². The molecular weight excluding hydrogens is 206 g/mol. The lowest BCUT2D eigenvalue weighted by molar-refractivity contribution is -0.117. The minimum Gasteiger partial charge on any atom is -0.340 e. The fourth-order valence-electron chi connectivity index (χ4n) is 0.470. The van der Waals surface area contributed by atoms with Crippen molar-refractivity contribution in [2.45, 2.75) is 32.7 Å². The second-order valence-electron chi connectivity index (χ2n) is 2.91. The Labute approximate surface area is 75.9 Å². The van der Waals surface area contributed by atoms with E-state index in [0.717, 1.165) is 6.42 Å². The van der Waals surface area contributed by atoms with Crippen LogP contribution in [0.1, 0.15) is 27.2 Å². The van der Waals surface area contributed by atoms with E-state index < -0.39 is 0 Å². The Kier molecular flexibility index (Phi) is 4.20. The predicted molar refractivity (Wildman–Crippen MR) is 49.2 cm³/mol. The van der Waals surface area contributed by atoms with Crippen LogP contribution in [0.15, 0.2) is 0 Å². The highest BCUT2D eigenvalue weighted by molar-refractivity contribution is 9.12. The quantitative estimate of drug-likeness (QED) is 0.701. The van der Waals surface area contributed by atoms with Gasteiger partial charge in [-0.05, 0) is 25.1 Å². The van der Waals surface area contributed by atoms with Gasteiger partial charge in [0.1, 0.15) is 0 Å². The van der Waals surface area contributed by atoms with E-state index in [1.54, 1.807) is 0 Å². The van der Waals surface area contributed by atoms with Crippen LogP contribution in [-0.4, -0.2) is 11.4 Å². The molecule has 0 aromatic rings. The SMILES string of the molecule is CCC(C)(C)NC(=O)C#CBr. The lowest BCUT2D eigenvalue weighted by Gasteiger charge is -2.22. The van der Waals surface area contributed by atoms with Crippen LogP contribution in [0.4, 0.5) is 0 Å². The maximum atomic E-state index is 10.9. The molecule has 0 unspecified atom stereocenters. The monoisotopic (exact) mass is 217 g/mol. The Morgan fingerprint density at radius 3 is 2.55 bits per heavy atom. The number of hydrogen-bond acceptors (Lipinski definition) is 1. The molecule has 0 rings (SSSR count). The highest BCUT2D eigenvalue weighted by Crippen LogP contribution is 2.05. The van der Waals surface area contributed by atoms with Crippen molar-refractivity contribution in [3.8, 4) is 10.8 Å². The molecule has 1 N–H and O–H groups in total. The van der Waals surface area contributed by atoms with Gasteiger partial charge in [-0.3, -0.25) is 4.79 Å². The molecule has 11 heavy (non-hydrogen) atoms. The maximum Gasteiger partial charge on any atom is 0.297 e. The number of rotatable bonds is 2.